The van der Waals surface area contributed by atoms with Gasteiger partial charge in [-0.25, -0.2) is 0 Å². The monoisotopic (exact) mass is 354 g/mol. The lowest BCUT2D eigenvalue weighted by molar-refractivity contribution is 0.417. The molecule has 0 saturated heterocycles. The van der Waals surface area contributed by atoms with Crippen LogP contribution in [-0.4, -0.2) is 12.6 Å². The van der Waals surface area contributed by atoms with E-state index in [0.717, 1.165) is 19.0 Å². The molecular weight excluding hydrogens is 316 g/mol. The Hall–Kier alpha value is -1.64. The first-order valence-electron chi connectivity index (χ1n) is 10.1. The molecule has 2 aromatic rings. The van der Waals surface area contributed by atoms with Crippen LogP contribution in [0.1, 0.15) is 56.7 Å². The third-order valence-corrected chi connectivity index (χ3v) is 4.44. The van der Waals surface area contributed by atoms with Crippen molar-refractivity contribution in [2.75, 3.05) is 6.54 Å². The van der Waals surface area contributed by atoms with Crippen molar-refractivity contribution < 1.29 is 0 Å². The summed E-state index contributed by atoms with van der Waals surface area (Å²) in [5, 5.41) is 3.65. The minimum atomic E-state index is 0.702. The van der Waals surface area contributed by atoms with Gasteiger partial charge in [-0.1, -0.05) is 93.8 Å². The van der Waals surface area contributed by atoms with Crippen LogP contribution >= 0.6 is 0 Å². The predicted molar refractivity (Wildman–Crippen MR) is 115 cm³/mol. The van der Waals surface area contributed by atoms with Gasteiger partial charge in [0, 0.05) is 12.6 Å². The summed E-state index contributed by atoms with van der Waals surface area (Å²) >= 11 is 0. The van der Waals surface area contributed by atoms with Crippen LogP contribution < -0.4 is 11.1 Å². The van der Waals surface area contributed by atoms with E-state index in [9.17, 15) is 0 Å². The number of hydrogen-bond acceptors (Lipinski definition) is 2. The molecule has 1 atom stereocenters. The minimum Gasteiger partial charge on any atom is -0.331 e. The zero-order chi connectivity index (χ0) is 19.2. The second-order valence-electron chi connectivity index (χ2n) is 7.44. The van der Waals surface area contributed by atoms with E-state index in [4.69, 9.17) is 5.73 Å². The van der Waals surface area contributed by atoms with Crippen molar-refractivity contribution in [3.63, 3.8) is 0 Å². The molecule has 0 bridgehead atoms. The summed E-state index contributed by atoms with van der Waals surface area (Å²) in [6.07, 6.45) is 5.26. The Labute approximate surface area is 161 Å². The minimum absolute atomic E-state index is 0.702. The van der Waals surface area contributed by atoms with E-state index in [1.807, 2.05) is 25.1 Å². The number of fused-ring (bicyclic) bond motifs is 1. The lowest BCUT2D eigenvalue weighted by Gasteiger charge is -2.26. The summed E-state index contributed by atoms with van der Waals surface area (Å²) in [6.45, 7) is 10.4. The number of hydrogen-bond donors (Lipinski definition) is 2. The molecule has 2 nitrogen and oxygen atoms in total. The molecule has 0 saturated carbocycles. The van der Waals surface area contributed by atoms with Crippen molar-refractivity contribution in [2.45, 2.75) is 66.0 Å². The van der Waals surface area contributed by atoms with Gasteiger partial charge in [0.2, 0.25) is 0 Å². The summed E-state index contributed by atoms with van der Waals surface area (Å²) in [5.41, 5.74) is 9.21. The van der Waals surface area contributed by atoms with Crippen LogP contribution in [0.3, 0.4) is 0 Å². The summed E-state index contributed by atoms with van der Waals surface area (Å²) < 4.78 is 0. The van der Waals surface area contributed by atoms with E-state index in [0.29, 0.717) is 6.04 Å². The summed E-state index contributed by atoms with van der Waals surface area (Å²) in [7, 11) is 0. The zero-order valence-corrected chi connectivity index (χ0v) is 17.2. The molecule has 1 unspecified atom stereocenters. The number of rotatable bonds is 4. The summed E-state index contributed by atoms with van der Waals surface area (Å²) in [6, 6.07) is 19.8. The van der Waals surface area contributed by atoms with Gasteiger partial charge in [0.25, 0.3) is 0 Å². The maximum absolute atomic E-state index is 4.85. The maximum atomic E-state index is 4.85. The SMILES string of the molecule is CC(C)CCCC1Cc2ccccc2CN1.CCN.Cc1ccccc1. The highest BCUT2D eigenvalue weighted by Crippen LogP contribution is 2.19. The Morgan fingerprint density at radius 2 is 1.58 bits per heavy atom. The quantitative estimate of drug-likeness (QED) is 0.762. The average molecular weight is 355 g/mol. The van der Waals surface area contributed by atoms with Gasteiger partial charge in [0.15, 0.2) is 0 Å². The number of nitrogens with two attached hydrogens (primary N) is 1. The highest BCUT2D eigenvalue weighted by Gasteiger charge is 2.16. The Morgan fingerprint density at radius 1 is 1.00 bits per heavy atom. The van der Waals surface area contributed by atoms with Crippen molar-refractivity contribution >= 4 is 0 Å². The lowest BCUT2D eigenvalue weighted by Crippen LogP contribution is -2.35. The van der Waals surface area contributed by atoms with E-state index >= 15 is 0 Å². The first-order chi connectivity index (χ1) is 12.6. The highest BCUT2D eigenvalue weighted by molar-refractivity contribution is 5.29. The molecule has 1 aliphatic heterocycles. The molecule has 144 valence electrons. The zero-order valence-electron chi connectivity index (χ0n) is 17.2. The van der Waals surface area contributed by atoms with Crippen molar-refractivity contribution in [2.24, 2.45) is 11.7 Å². The van der Waals surface area contributed by atoms with E-state index in [-0.39, 0.29) is 0 Å². The molecule has 0 aromatic heterocycles. The Morgan fingerprint density at radius 3 is 2.12 bits per heavy atom. The fraction of sp³-hybridized carbons (Fsp3) is 0.500. The molecule has 26 heavy (non-hydrogen) atoms. The molecule has 1 aliphatic rings. The van der Waals surface area contributed by atoms with Crippen molar-refractivity contribution in [3.8, 4) is 0 Å². The number of nitrogens with one attached hydrogen (secondary N) is 1. The molecule has 2 heteroatoms. The van der Waals surface area contributed by atoms with Gasteiger partial charge in [-0.15, -0.1) is 0 Å². The first-order valence-corrected chi connectivity index (χ1v) is 10.1. The topological polar surface area (TPSA) is 38.0 Å². The molecule has 3 N–H and O–H groups in total. The smallest absolute Gasteiger partial charge is 0.0210 e. The molecule has 0 radical (unpaired) electrons. The van der Waals surface area contributed by atoms with Crippen molar-refractivity contribution in [3.05, 3.63) is 71.3 Å². The molecule has 2 aromatic carbocycles. The van der Waals surface area contributed by atoms with Gasteiger partial charge in [0.05, 0.1) is 0 Å². The van der Waals surface area contributed by atoms with Gasteiger partial charge >= 0.3 is 0 Å². The van der Waals surface area contributed by atoms with Crippen LogP contribution in [0, 0.1) is 12.8 Å². The van der Waals surface area contributed by atoms with Crippen LogP contribution in [0.4, 0.5) is 0 Å². The van der Waals surface area contributed by atoms with Gasteiger partial charge in [0.1, 0.15) is 0 Å². The number of benzene rings is 2. The average Bonchev–Trinajstić information content (AvgIpc) is 2.63. The summed E-state index contributed by atoms with van der Waals surface area (Å²) in [5.74, 6) is 0.843. The largest absolute Gasteiger partial charge is 0.331 e. The second-order valence-corrected chi connectivity index (χ2v) is 7.44. The van der Waals surface area contributed by atoms with Crippen molar-refractivity contribution in [1.82, 2.24) is 5.32 Å². The fourth-order valence-electron chi connectivity index (χ4n) is 3.03. The van der Waals surface area contributed by atoms with Crippen LogP contribution in [0.25, 0.3) is 0 Å². The van der Waals surface area contributed by atoms with Gasteiger partial charge in [-0.05, 0) is 43.4 Å². The Bertz CT molecular complexity index is 578. The van der Waals surface area contributed by atoms with E-state index in [1.165, 1.54) is 36.8 Å². The maximum Gasteiger partial charge on any atom is 0.0210 e. The van der Waals surface area contributed by atoms with E-state index in [1.54, 1.807) is 5.56 Å². The Balaban J connectivity index is 0.000000280. The second kappa shape index (κ2) is 13.5. The number of aryl methyl sites for hydroxylation is 1. The molecule has 1 heterocycles. The highest BCUT2D eigenvalue weighted by atomic mass is 14.9. The van der Waals surface area contributed by atoms with Crippen LogP contribution in [0.15, 0.2) is 54.6 Å². The fourth-order valence-corrected chi connectivity index (χ4v) is 3.03. The van der Waals surface area contributed by atoms with Gasteiger partial charge < -0.3 is 11.1 Å². The normalized spacial score (nSPS) is 15.2. The lowest BCUT2D eigenvalue weighted by atomic mass is 9.92. The van der Waals surface area contributed by atoms with Crippen LogP contribution in [0.2, 0.25) is 0 Å². The molecule has 0 fully saturated rings. The molecular formula is C24H38N2. The van der Waals surface area contributed by atoms with Gasteiger partial charge in [-0.3, -0.25) is 0 Å². The van der Waals surface area contributed by atoms with E-state index < -0.39 is 0 Å². The van der Waals surface area contributed by atoms with Gasteiger partial charge in [-0.2, -0.15) is 0 Å². The first kappa shape index (κ1) is 22.4. The standard InChI is InChI=1S/C15H23N.C7H8.C2H7N/c1-12(2)6-5-9-15-10-13-7-3-4-8-14(13)11-16-15;1-7-5-3-2-4-6-7;1-2-3/h3-4,7-8,12,15-16H,5-6,9-11H2,1-2H3;2-6H,1H3;2-3H2,1H3. The predicted octanol–water partition coefficient (Wildman–Crippen LogP) is 5.49. The molecule has 3 rings (SSSR count). The van der Waals surface area contributed by atoms with Crippen LogP contribution in [-0.2, 0) is 13.0 Å². The van der Waals surface area contributed by atoms with Crippen LogP contribution in [0.5, 0.6) is 0 Å². The summed E-state index contributed by atoms with van der Waals surface area (Å²) in [4.78, 5) is 0. The third-order valence-electron chi connectivity index (χ3n) is 4.44. The van der Waals surface area contributed by atoms with E-state index in [2.05, 4.69) is 62.5 Å². The molecule has 0 amide bonds. The Kier molecular flexibility index (Phi) is 11.7. The molecule has 0 spiro atoms. The third kappa shape index (κ3) is 9.74. The van der Waals surface area contributed by atoms with Crippen molar-refractivity contribution in [1.29, 1.82) is 0 Å². The molecule has 0 aliphatic carbocycles.